The van der Waals surface area contributed by atoms with E-state index in [1.807, 2.05) is 41.5 Å². The average molecular weight is 605 g/mol. The van der Waals surface area contributed by atoms with Crippen molar-refractivity contribution in [3.05, 3.63) is 53.3 Å². The van der Waals surface area contributed by atoms with Crippen molar-refractivity contribution in [3.63, 3.8) is 0 Å². The number of nitriles is 1. The van der Waals surface area contributed by atoms with Crippen molar-refractivity contribution in [2.24, 2.45) is 5.73 Å². The molecule has 1 fully saturated rings. The van der Waals surface area contributed by atoms with E-state index in [1.165, 1.54) is 0 Å². The quantitative estimate of drug-likeness (QED) is 0.287. The molecule has 4 heterocycles. The Kier molecular flexibility index (Phi) is 8.25. The summed E-state index contributed by atoms with van der Waals surface area (Å²) in [5.41, 5.74) is 6.17. The second kappa shape index (κ2) is 11.8. The van der Waals surface area contributed by atoms with Crippen LogP contribution in [0.5, 0.6) is 6.01 Å². The van der Waals surface area contributed by atoms with Gasteiger partial charge < -0.3 is 25.2 Å². The van der Waals surface area contributed by atoms with Gasteiger partial charge in [0, 0.05) is 48.4 Å². The van der Waals surface area contributed by atoms with E-state index in [0.717, 1.165) is 5.69 Å². The molecule has 1 aliphatic heterocycles. The third-order valence-electron chi connectivity index (χ3n) is 7.02. The van der Waals surface area contributed by atoms with Crippen molar-refractivity contribution in [2.45, 2.75) is 57.8 Å². The van der Waals surface area contributed by atoms with Crippen molar-refractivity contribution < 1.29 is 19.4 Å². The molecule has 0 aliphatic carbocycles. The summed E-state index contributed by atoms with van der Waals surface area (Å²) in [6, 6.07) is 12.7. The molecule has 0 saturated carbocycles. The minimum absolute atomic E-state index is 0.0492. The highest BCUT2D eigenvalue weighted by molar-refractivity contribution is 6.30. The fourth-order valence-corrected chi connectivity index (χ4v) is 5.15. The van der Waals surface area contributed by atoms with Crippen LogP contribution >= 0.6 is 11.6 Å². The number of hydrogen-bond acceptors (Lipinski definition) is 10. The van der Waals surface area contributed by atoms with Gasteiger partial charge in [-0.1, -0.05) is 11.6 Å². The van der Waals surface area contributed by atoms with Crippen LogP contribution in [0.3, 0.4) is 0 Å². The van der Waals surface area contributed by atoms with E-state index < -0.39 is 17.1 Å². The Morgan fingerprint density at radius 1 is 1.16 bits per heavy atom. The van der Waals surface area contributed by atoms with Gasteiger partial charge in [0.15, 0.2) is 17.0 Å². The number of carbonyl (C=O) groups excluding carboxylic acids is 1. The Labute approximate surface area is 254 Å². The van der Waals surface area contributed by atoms with Gasteiger partial charge in [-0.2, -0.15) is 15.2 Å². The monoisotopic (exact) mass is 604 g/mol. The smallest absolute Gasteiger partial charge is 0.320 e. The zero-order valence-electron chi connectivity index (χ0n) is 24.4. The van der Waals surface area contributed by atoms with Gasteiger partial charge in [-0.15, -0.1) is 0 Å². The highest BCUT2D eigenvalue weighted by Gasteiger charge is 2.42. The number of amides is 1. The van der Waals surface area contributed by atoms with Crippen molar-refractivity contribution in [1.29, 1.82) is 5.26 Å². The number of nitrogens with zero attached hydrogens (tertiary/aromatic N) is 7. The van der Waals surface area contributed by atoms with Gasteiger partial charge in [0.1, 0.15) is 29.8 Å². The lowest BCUT2D eigenvalue weighted by Crippen LogP contribution is -2.55. The molecule has 5 rings (SSSR count). The summed E-state index contributed by atoms with van der Waals surface area (Å²) in [6.45, 7) is 7.78. The predicted molar refractivity (Wildman–Crippen MR) is 161 cm³/mol. The van der Waals surface area contributed by atoms with Crippen LogP contribution in [0.15, 0.2) is 42.6 Å². The van der Waals surface area contributed by atoms with Crippen molar-refractivity contribution >= 4 is 34.5 Å². The minimum atomic E-state index is -1.13. The molecule has 3 N–H and O–H groups in total. The van der Waals surface area contributed by atoms with Crippen LogP contribution in [0.2, 0.25) is 5.02 Å². The largest absolute Gasteiger partial charge is 0.460 e. The molecule has 1 saturated heterocycles. The molecular formula is C30H33ClN8O4. The topological polar surface area (TPSA) is 165 Å². The van der Waals surface area contributed by atoms with Crippen LogP contribution in [-0.4, -0.2) is 72.5 Å². The molecule has 224 valence electrons. The number of pyridine rings is 1. The first-order valence-corrected chi connectivity index (χ1v) is 14.3. The number of aromatic nitrogens is 5. The molecule has 1 aliphatic rings. The van der Waals surface area contributed by atoms with Crippen LogP contribution in [0, 0.1) is 11.3 Å². The Morgan fingerprint density at radius 2 is 1.86 bits per heavy atom. The molecule has 1 aromatic carbocycles. The van der Waals surface area contributed by atoms with E-state index in [4.69, 9.17) is 41.8 Å². The molecule has 0 spiro atoms. The number of benzene rings is 1. The van der Waals surface area contributed by atoms with E-state index in [0.29, 0.717) is 59.3 Å². The zero-order chi connectivity index (χ0) is 30.9. The molecule has 3 aromatic heterocycles. The summed E-state index contributed by atoms with van der Waals surface area (Å²) < 4.78 is 13.8. The average Bonchev–Trinajstić information content (AvgIpc) is 3.35. The second-order valence-corrected chi connectivity index (χ2v) is 11.8. The molecular weight excluding hydrogens is 572 g/mol. The standard InChI is InChI=1S/C30H33ClN8O4/c1-18(2)43-30(27(33)40)11-13-38(14-12-30)25-23-26(37-28(36-25)42-17-29(3,4)41)39(22-9-6-20(31)7-10-22)24(35-23)19-5-8-21(15-32)34-16-19/h5-10,16,18,41H,11-14,17H2,1-4H3,(H2,33,40). The molecule has 0 bridgehead atoms. The first kappa shape index (κ1) is 30.2. The summed E-state index contributed by atoms with van der Waals surface area (Å²) in [4.78, 5) is 33.2. The van der Waals surface area contributed by atoms with Crippen LogP contribution in [0.25, 0.3) is 28.2 Å². The number of halogens is 1. The molecule has 0 atom stereocenters. The molecule has 43 heavy (non-hydrogen) atoms. The number of anilines is 1. The first-order valence-electron chi connectivity index (χ1n) is 13.9. The molecule has 13 heteroatoms. The maximum absolute atomic E-state index is 12.5. The number of ether oxygens (including phenoxy) is 2. The van der Waals surface area contributed by atoms with Crippen molar-refractivity contribution in [2.75, 3.05) is 24.6 Å². The Bertz CT molecular complexity index is 1670. The Hall–Kier alpha value is -4.31. The van der Waals surface area contributed by atoms with Gasteiger partial charge >= 0.3 is 6.01 Å². The van der Waals surface area contributed by atoms with Gasteiger partial charge in [-0.25, -0.2) is 9.97 Å². The molecule has 12 nitrogen and oxygen atoms in total. The van der Waals surface area contributed by atoms with Crippen LogP contribution in [-0.2, 0) is 9.53 Å². The summed E-state index contributed by atoms with van der Waals surface area (Å²) in [7, 11) is 0. The molecule has 0 radical (unpaired) electrons. The maximum atomic E-state index is 12.5. The summed E-state index contributed by atoms with van der Waals surface area (Å²) in [6.07, 6.45) is 2.12. The SMILES string of the molecule is CC(C)OC1(C(N)=O)CCN(c2nc(OCC(C)(C)O)nc3c2nc(-c2ccc(C#N)nc2)n3-c2ccc(Cl)cc2)CC1. The van der Waals surface area contributed by atoms with E-state index in [1.54, 1.807) is 44.3 Å². The lowest BCUT2D eigenvalue weighted by Gasteiger charge is -2.40. The van der Waals surface area contributed by atoms with Gasteiger partial charge in [-0.3, -0.25) is 9.36 Å². The van der Waals surface area contributed by atoms with Gasteiger partial charge in [0.05, 0.1) is 11.7 Å². The third kappa shape index (κ3) is 6.39. The number of fused-ring (bicyclic) bond motifs is 1. The summed E-state index contributed by atoms with van der Waals surface area (Å²) in [5, 5.41) is 20.2. The number of imidazole rings is 1. The van der Waals surface area contributed by atoms with Crippen LogP contribution in [0.1, 0.15) is 46.2 Å². The number of carbonyl (C=O) groups is 1. The first-order chi connectivity index (χ1) is 20.4. The van der Waals surface area contributed by atoms with Crippen molar-refractivity contribution in [1.82, 2.24) is 24.5 Å². The highest BCUT2D eigenvalue weighted by atomic mass is 35.5. The van der Waals surface area contributed by atoms with Crippen molar-refractivity contribution in [3.8, 4) is 29.2 Å². The minimum Gasteiger partial charge on any atom is -0.460 e. The summed E-state index contributed by atoms with van der Waals surface area (Å²) in [5.74, 6) is 0.510. The number of primary amides is 1. The highest BCUT2D eigenvalue weighted by Crippen LogP contribution is 2.36. The van der Waals surface area contributed by atoms with Gasteiger partial charge in [0.25, 0.3) is 0 Å². The predicted octanol–water partition coefficient (Wildman–Crippen LogP) is 3.80. The molecule has 1 amide bonds. The summed E-state index contributed by atoms with van der Waals surface area (Å²) >= 11 is 6.21. The second-order valence-electron chi connectivity index (χ2n) is 11.4. The maximum Gasteiger partial charge on any atom is 0.320 e. The van der Waals surface area contributed by atoms with E-state index >= 15 is 0 Å². The number of nitrogens with two attached hydrogens (primary N) is 1. The Morgan fingerprint density at radius 3 is 2.42 bits per heavy atom. The van der Waals surface area contributed by atoms with Crippen LogP contribution < -0.4 is 15.4 Å². The van der Waals surface area contributed by atoms with Gasteiger partial charge in [-0.05, 0) is 64.1 Å². The van der Waals surface area contributed by atoms with Gasteiger partial charge in [0.2, 0.25) is 5.91 Å². The van der Waals surface area contributed by atoms with E-state index in [-0.39, 0.29) is 24.4 Å². The number of aliphatic hydroxyl groups is 1. The Balaban J connectivity index is 1.69. The molecule has 4 aromatic rings. The van der Waals surface area contributed by atoms with E-state index in [2.05, 4.69) is 4.98 Å². The fraction of sp³-hybridized carbons (Fsp3) is 0.400. The number of piperidine rings is 1. The third-order valence-corrected chi connectivity index (χ3v) is 7.28. The lowest BCUT2D eigenvalue weighted by atomic mass is 9.90. The van der Waals surface area contributed by atoms with Crippen LogP contribution in [0.4, 0.5) is 5.82 Å². The lowest BCUT2D eigenvalue weighted by molar-refractivity contribution is -0.153. The van der Waals surface area contributed by atoms with E-state index in [9.17, 15) is 15.2 Å². The number of rotatable bonds is 9. The zero-order valence-corrected chi connectivity index (χ0v) is 25.2. The number of hydrogen-bond donors (Lipinski definition) is 2. The normalized spacial score (nSPS) is 15.1. The fourth-order valence-electron chi connectivity index (χ4n) is 5.02. The molecule has 0 unspecified atom stereocenters.